The molecule has 320 valence electrons. The quantitative estimate of drug-likeness (QED) is 0.150. The Balaban J connectivity index is 1.04. The summed E-state index contributed by atoms with van der Waals surface area (Å²) in [5.74, 6) is 0.403. The summed E-state index contributed by atoms with van der Waals surface area (Å²) >= 11 is 0. The first-order chi connectivity index (χ1) is 32.3. The van der Waals surface area contributed by atoms with Gasteiger partial charge in [0.1, 0.15) is 11.5 Å². The number of phenols is 2. The van der Waals surface area contributed by atoms with Gasteiger partial charge in [-0.15, -0.1) is 0 Å². The fourth-order valence-corrected chi connectivity index (χ4v) is 10.5. The monoisotopic (exact) mass is 854 g/mol. The van der Waals surface area contributed by atoms with Crippen molar-refractivity contribution in [3.8, 4) is 56.0 Å². The maximum Gasteiger partial charge on any atom is 0.132 e. The second-order valence-corrected chi connectivity index (χ2v) is 18.2. The molecular weight excluding hydrogens is 805 g/mol. The molecule has 0 bridgehead atoms. The molecule has 4 heteroatoms. The lowest BCUT2D eigenvalue weighted by molar-refractivity contribution is 0.188. The van der Waals surface area contributed by atoms with Gasteiger partial charge in [0.05, 0.1) is 11.1 Å². The molecule has 0 radical (unpaired) electrons. The fourth-order valence-electron chi connectivity index (χ4n) is 10.5. The second kappa shape index (κ2) is 16.6. The molecule has 66 heavy (non-hydrogen) atoms. The Labute approximate surface area is 385 Å². The summed E-state index contributed by atoms with van der Waals surface area (Å²) in [6.45, 7) is 4.40. The van der Waals surface area contributed by atoms with Gasteiger partial charge in [0, 0.05) is 45.8 Å². The molecule has 10 aromatic rings. The van der Waals surface area contributed by atoms with E-state index in [4.69, 9.17) is 9.98 Å². The number of hydrogen-bond acceptors (Lipinski definition) is 4. The Morgan fingerprint density at radius 2 is 0.712 bits per heavy atom. The van der Waals surface area contributed by atoms with E-state index in [2.05, 4.69) is 184 Å². The minimum Gasteiger partial charge on any atom is -0.507 e. The number of aromatic hydroxyl groups is 2. The van der Waals surface area contributed by atoms with E-state index in [0.29, 0.717) is 11.1 Å². The molecular formula is C62H50N2O2. The summed E-state index contributed by atoms with van der Waals surface area (Å²) in [6, 6.07) is 67.1. The van der Waals surface area contributed by atoms with Crippen LogP contribution in [-0.2, 0) is 0 Å². The van der Waals surface area contributed by atoms with Crippen molar-refractivity contribution in [3.63, 3.8) is 0 Å². The third-order valence-corrected chi connectivity index (χ3v) is 14.3. The first-order valence-electron chi connectivity index (χ1n) is 23.1. The van der Waals surface area contributed by atoms with Crippen LogP contribution in [0.4, 0.5) is 0 Å². The van der Waals surface area contributed by atoms with E-state index in [9.17, 15) is 10.2 Å². The van der Waals surface area contributed by atoms with E-state index >= 15 is 0 Å². The van der Waals surface area contributed by atoms with Gasteiger partial charge >= 0.3 is 0 Å². The van der Waals surface area contributed by atoms with E-state index in [0.717, 1.165) is 113 Å². The van der Waals surface area contributed by atoms with Crippen LogP contribution < -0.4 is 0 Å². The Morgan fingerprint density at radius 3 is 1.11 bits per heavy atom. The van der Waals surface area contributed by atoms with Gasteiger partial charge in [-0.3, -0.25) is 9.98 Å². The Morgan fingerprint density at radius 1 is 0.379 bits per heavy atom. The van der Waals surface area contributed by atoms with Crippen LogP contribution in [0.3, 0.4) is 0 Å². The van der Waals surface area contributed by atoms with E-state index in [1.165, 1.54) is 0 Å². The number of fused-ring (bicyclic) bond motifs is 4. The SMILES string of the molecule is C[C@]1(N=Cc2cc3ccccc3c(-c3c(-c4ccccc4)ccc4ccccc34)c2O)CCCC[C@]1(C)N=Cc1cc2ccccc2c(-c2c(-c3ccccc3)ccc3ccccc23)c1O. The minimum absolute atomic E-state index is 0.201. The molecule has 4 nitrogen and oxygen atoms in total. The lowest BCUT2D eigenvalue weighted by atomic mass is 9.69. The zero-order valence-electron chi connectivity index (χ0n) is 37.2. The van der Waals surface area contributed by atoms with Crippen LogP contribution >= 0.6 is 0 Å². The van der Waals surface area contributed by atoms with Gasteiger partial charge in [-0.05, 0) is 104 Å². The van der Waals surface area contributed by atoms with Crippen molar-refractivity contribution in [2.24, 2.45) is 9.98 Å². The molecule has 2 atom stereocenters. The molecule has 0 heterocycles. The van der Waals surface area contributed by atoms with Crippen LogP contribution in [0, 0.1) is 0 Å². The normalized spacial score (nSPS) is 17.7. The van der Waals surface area contributed by atoms with Crippen molar-refractivity contribution in [3.05, 3.63) is 205 Å². The van der Waals surface area contributed by atoms with E-state index in [1.54, 1.807) is 0 Å². The number of benzene rings is 10. The Bertz CT molecular complexity index is 3300. The summed E-state index contributed by atoms with van der Waals surface area (Å²) in [5.41, 5.74) is 7.97. The molecule has 2 N–H and O–H groups in total. The molecule has 0 aliphatic heterocycles. The van der Waals surface area contributed by atoms with Crippen molar-refractivity contribution in [2.75, 3.05) is 0 Å². The van der Waals surface area contributed by atoms with Crippen LogP contribution in [0.2, 0.25) is 0 Å². The van der Waals surface area contributed by atoms with Gasteiger partial charge in [0.25, 0.3) is 0 Å². The lowest BCUT2D eigenvalue weighted by Gasteiger charge is -2.44. The maximum absolute atomic E-state index is 12.6. The third-order valence-electron chi connectivity index (χ3n) is 14.3. The number of nitrogens with zero attached hydrogens (tertiary/aromatic N) is 2. The third kappa shape index (κ3) is 7.01. The summed E-state index contributed by atoms with van der Waals surface area (Å²) < 4.78 is 0. The van der Waals surface area contributed by atoms with Gasteiger partial charge < -0.3 is 10.2 Å². The maximum atomic E-state index is 12.6. The van der Waals surface area contributed by atoms with E-state index < -0.39 is 11.1 Å². The first-order valence-corrected chi connectivity index (χ1v) is 23.1. The minimum atomic E-state index is -0.611. The first kappa shape index (κ1) is 40.9. The van der Waals surface area contributed by atoms with Gasteiger partial charge in [-0.25, -0.2) is 0 Å². The molecule has 0 saturated heterocycles. The fraction of sp³-hybridized carbons (Fsp3) is 0.129. The summed E-state index contributed by atoms with van der Waals surface area (Å²) in [5, 5.41) is 33.6. The highest BCUT2D eigenvalue weighted by atomic mass is 16.3. The number of rotatable bonds is 8. The Kier molecular flexibility index (Phi) is 10.3. The second-order valence-electron chi connectivity index (χ2n) is 18.2. The molecule has 0 amide bonds. The number of aliphatic imine (C=N–C) groups is 2. The summed E-state index contributed by atoms with van der Waals surface area (Å²) in [4.78, 5) is 10.9. The van der Waals surface area contributed by atoms with Gasteiger partial charge in [0.15, 0.2) is 0 Å². The van der Waals surface area contributed by atoms with Crippen LogP contribution in [0.1, 0.15) is 50.7 Å². The molecule has 1 saturated carbocycles. The van der Waals surface area contributed by atoms with Crippen LogP contribution in [0.25, 0.3) is 87.6 Å². The predicted molar refractivity (Wildman–Crippen MR) is 278 cm³/mol. The van der Waals surface area contributed by atoms with Crippen LogP contribution in [-0.4, -0.2) is 33.7 Å². The van der Waals surface area contributed by atoms with E-state index in [-0.39, 0.29) is 11.5 Å². The highest BCUT2D eigenvalue weighted by Crippen LogP contribution is 2.49. The molecule has 1 fully saturated rings. The standard InChI is InChI=1S/C62H50N2O2/c1-61(63-39-47-37-45-25-11-15-29-51(45)57(59(47)65)55-49-27-13-9-23-43(49)31-33-53(55)41-19-5-3-6-20-41)35-17-18-36-62(61,2)64-40-48-38-46-26-12-16-30-52(46)58(60(48)66)56-50-28-14-10-24-44(50)32-34-54(56)42-21-7-4-8-22-42/h3-16,19-34,37-40,65-66H,17-18,35-36H2,1-2H3/t61-,62-/m0/s1. The van der Waals surface area contributed by atoms with Crippen molar-refractivity contribution in [1.29, 1.82) is 0 Å². The van der Waals surface area contributed by atoms with Crippen LogP contribution in [0.5, 0.6) is 11.5 Å². The molecule has 0 spiro atoms. The van der Waals surface area contributed by atoms with Gasteiger partial charge in [0.2, 0.25) is 0 Å². The summed E-state index contributed by atoms with van der Waals surface area (Å²) in [7, 11) is 0. The topological polar surface area (TPSA) is 65.2 Å². The van der Waals surface area contributed by atoms with Crippen molar-refractivity contribution in [1.82, 2.24) is 0 Å². The lowest BCUT2D eigenvalue weighted by Crippen LogP contribution is -2.49. The molecule has 0 unspecified atom stereocenters. The number of hydrogen-bond donors (Lipinski definition) is 2. The van der Waals surface area contributed by atoms with Crippen molar-refractivity contribution >= 4 is 55.5 Å². The zero-order chi connectivity index (χ0) is 44.8. The molecule has 11 rings (SSSR count). The van der Waals surface area contributed by atoms with Crippen molar-refractivity contribution < 1.29 is 10.2 Å². The average molecular weight is 855 g/mol. The Hall–Kier alpha value is -7.82. The molecule has 0 aromatic heterocycles. The largest absolute Gasteiger partial charge is 0.507 e. The predicted octanol–water partition coefficient (Wildman–Crippen LogP) is 16.0. The van der Waals surface area contributed by atoms with Gasteiger partial charge in [-0.2, -0.15) is 0 Å². The average Bonchev–Trinajstić information content (AvgIpc) is 3.36. The van der Waals surface area contributed by atoms with E-state index in [1.807, 2.05) is 36.7 Å². The smallest absolute Gasteiger partial charge is 0.132 e. The van der Waals surface area contributed by atoms with Gasteiger partial charge in [-0.1, -0.05) is 195 Å². The molecule has 1 aliphatic carbocycles. The van der Waals surface area contributed by atoms with Crippen molar-refractivity contribution in [2.45, 2.75) is 50.6 Å². The van der Waals surface area contributed by atoms with Crippen LogP contribution in [0.15, 0.2) is 204 Å². The summed E-state index contributed by atoms with van der Waals surface area (Å²) in [6.07, 6.45) is 7.44. The highest BCUT2D eigenvalue weighted by molar-refractivity contribution is 6.16. The number of phenolic OH excluding ortho intramolecular Hbond substituents is 2. The molecule has 1 aliphatic rings. The zero-order valence-corrected chi connectivity index (χ0v) is 37.2. The highest BCUT2D eigenvalue weighted by Gasteiger charge is 2.46. The molecule has 10 aromatic carbocycles.